The van der Waals surface area contributed by atoms with Crippen molar-refractivity contribution < 1.29 is 24.8 Å². The first-order valence-electron chi connectivity index (χ1n) is 11.3. The second kappa shape index (κ2) is 10.8. The highest BCUT2D eigenvalue weighted by Crippen LogP contribution is 2.38. The third-order valence-corrected chi connectivity index (χ3v) is 7.04. The van der Waals surface area contributed by atoms with Gasteiger partial charge in [0, 0.05) is 31.7 Å². The van der Waals surface area contributed by atoms with E-state index in [2.05, 4.69) is 20.6 Å². The van der Waals surface area contributed by atoms with E-state index in [0.29, 0.717) is 43.6 Å². The zero-order valence-corrected chi connectivity index (χ0v) is 20.3. The molecule has 1 fully saturated rings. The summed E-state index contributed by atoms with van der Waals surface area (Å²) >= 11 is 1.51. The molecular weight excluding hydrogens is 458 g/mol. The van der Waals surface area contributed by atoms with Crippen LogP contribution in [-0.4, -0.2) is 82.0 Å². The summed E-state index contributed by atoms with van der Waals surface area (Å²) in [5, 5.41) is 37.6. The smallest absolute Gasteiger partial charge is 0.224 e. The molecule has 1 saturated carbocycles. The fourth-order valence-electron chi connectivity index (χ4n) is 4.16. The van der Waals surface area contributed by atoms with Gasteiger partial charge in [0.25, 0.3) is 0 Å². The maximum absolute atomic E-state index is 10.6. The van der Waals surface area contributed by atoms with Gasteiger partial charge in [-0.05, 0) is 32.4 Å². The van der Waals surface area contributed by atoms with Gasteiger partial charge in [-0.1, -0.05) is 0 Å². The van der Waals surface area contributed by atoms with E-state index in [0.717, 1.165) is 26.5 Å². The van der Waals surface area contributed by atoms with Gasteiger partial charge in [-0.3, -0.25) is 0 Å². The zero-order chi connectivity index (χ0) is 24.2. The highest BCUT2D eigenvalue weighted by atomic mass is 32.1. The second-order valence-electron chi connectivity index (χ2n) is 8.24. The largest absolute Gasteiger partial charge is 0.497 e. The van der Waals surface area contributed by atoms with E-state index >= 15 is 0 Å². The van der Waals surface area contributed by atoms with Crippen molar-refractivity contribution in [1.29, 1.82) is 0 Å². The first kappa shape index (κ1) is 24.6. The molecule has 184 valence electrons. The Morgan fingerprint density at radius 2 is 2.00 bits per heavy atom. The van der Waals surface area contributed by atoms with E-state index < -0.39 is 24.2 Å². The van der Waals surface area contributed by atoms with Crippen LogP contribution >= 0.6 is 11.3 Å². The Hall–Kier alpha value is -2.57. The van der Waals surface area contributed by atoms with Crippen LogP contribution in [0.2, 0.25) is 0 Å². The van der Waals surface area contributed by atoms with Gasteiger partial charge in [0.2, 0.25) is 5.95 Å². The molecule has 2 aromatic heterocycles. The number of rotatable bonds is 10. The fourth-order valence-corrected chi connectivity index (χ4v) is 5.20. The minimum atomic E-state index is -1.03. The van der Waals surface area contributed by atoms with Crippen LogP contribution in [0.5, 0.6) is 5.75 Å². The quantitative estimate of drug-likeness (QED) is 0.269. The van der Waals surface area contributed by atoms with Gasteiger partial charge >= 0.3 is 0 Å². The number of aliphatic hydroxyl groups excluding tert-OH is 3. The number of thiazole rings is 1. The Morgan fingerprint density at radius 1 is 1.18 bits per heavy atom. The molecule has 2 heterocycles. The first-order valence-corrected chi connectivity index (χ1v) is 12.2. The predicted molar refractivity (Wildman–Crippen MR) is 132 cm³/mol. The Bertz CT molecular complexity index is 1130. The van der Waals surface area contributed by atoms with Crippen molar-refractivity contribution in [3.05, 3.63) is 23.9 Å². The number of anilines is 2. The topological polar surface area (TPSA) is 142 Å². The first-order chi connectivity index (χ1) is 16.4. The van der Waals surface area contributed by atoms with E-state index in [-0.39, 0.29) is 6.61 Å². The lowest BCUT2D eigenvalue weighted by Gasteiger charge is -2.21. The van der Waals surface area contributed by atoms with Crippen LogP contribution in [0.1, 0.15) is 19.0 Å². The Balaban J connectivity index is 1.71. The third kappa shape index (κ3) is 5.08. The molecule has 0 unspecified atom stereocenters. The lowest BCUT2D eigenvalue weighted by Crippen LogP contribution is -2.35. The predicted octanol–water partition coefficient (Wildman–Crippen LogP) is 2.03. The summed E-state index contributed by atoms with van der Waals surface area (Å²) in [6.45, 7) is 5.32. The van der Waals surface area contributed by atoms with E-state index in [4.69, 9.17) is 14.5 Å². The Labute approximate surface area is 202 Å². The van der Waals surface area contributed by atoms with E-state index in [1.807, 2.05) is 32.0 Å². The van der Waals surface area contributed by atoms with E-state index in [1.54, 1.807) is 7.11 Å². The van der Waals surface area contributed by atoms with Gasteiger partial charge < -0.3 is 35.4 Å². The standard InChI is InChI=1S/C23H31N5O5S/c1-4-33-8-7-24-23-25-12(2)18(22-27-15-10-14(32-3)5-6-17(15)34-22)21(28-23)26-16-9-13(11-29)19(30)20(16)31/h5-6,10,13,16,19-20,29-31H,4,7-9,11H2,1-3H3,(H2,24,25,26,28)/t13-,16-,19-,20+/m1/s1. The van der Waals surface area contributed by atoms with Gasteiger partial charge in [0.1, 0.15) is 22.7 Å². The number of hydrogen-bond donors (Lipinski definition) is 5. The van der Waals surface area contributed by atoms with Crippen molar-refractivity contribution in [3.8, 4) is 16.3 Å². The number of nitrogens with one attached hydrogen (secondary N) is 2. The SMILES string of the molecule is CCOCCNc1nc(C)c(-c2nc3cc(OC)ccc3s2)c(N[C@@H]2C[C@H](CO)[C@@H](O)[C@H]2O)n1. The van der Waals surface area contributed by atoms with Gasteiger partial charge in [0.05, 0.1) is 47.3 Å². The van der Waals surface area contributed by atoms with Crippen LogP contribution in [0.3, 0.4) is 0 Å². The summed E-state index contributed by atoms with van der Waals surface area (Å²) in [5.74, 6) is 1.26. The number of aromatic nitrogens is 3. The lowest BCUT2D eigenvalue weighted by atomic mass is 10.1. The van der Waals surface area contributed by atoms with Crippen LogP contribution in [0.25, 0.3) is 20.8 Å². The van der Waals surface area contributed by atoms with Gasteiger partial charge in [0.15, 0.2) is 0 Å². The van der Waals surface area contributed by atoms with Crippen LogP contribution in [-0.2, 0) is 4.74 Å². The molecule has 1 aromatic carbocycles. The summed E-state index contributed by atoms with van der Waals surface area (Å²) in [4.78, 5) is 14.1. The molecule has 4 atom stereocenters. The highest BCUT2D eigenvalue weighted by molar-refractivity contribution is 7.21. The van der Waals surface area contributed by atoms with Crippen LogP contribution in [0, 0.1) is 12.8 Å². The van der Waals surface area contributed by atoms with E-state index in [9.17, 15) is 15.3 Å². The molecule has 0 bridgehead atoms. The number of nitrogens with zero attached hydrogens (tertiary/aromatic N) is 3. The molecule has 0 spiro atoms. The molecule has 34 heavy (non-hydrogen) atoms. The van der Waals surface area contributed by atoms with Crippen LogP contribution in [0.15, 0.2) is 18.2 Å². The number of methoxy groups -OCH3 is 1. The highest BCUT2D eigenvalue weighted by Gasteiger charge is 2.41. The normalized spacial score (nSPS) is 22.3. The van der Waals surface area contributed by atoms with Crippen molar-refractivity contribution in [2.45, 2.75) is 38.5 Å². The molecule has 0 aliphatic heterocycles. The van der Waals surface area contributed by atoms with Gasteiger partial charge in [-0.15, -0.1) is 11.3 Å². The molecular formula is C23H31N5O5S. The van der Waals surface area contributed by atoms with Gasteiger partial charge in [-0.2, -0.15) is 4.98 Å². The molecule has 1 aliphatic rings. The number of aliphatic hydroxyl groups is 3. The summed E-state index contributed by atoms with van der Waals surface area (Å²) in [6, 6.07) is 5.26. The Morgan fingerprint density at radius 3 is 2.71 bits per heavy atom. The molecule has 1 aliphatic carbocycles. The summed E-state index contributed by atoms with van der Waals surface area (Å²) in [5.41, 5.74) is 2.25. The monoisotopic (exact) mass is 489 g/mol. The number of aryl methyl sites for hydroxylation is 1. The fraction of sp³-hybridized carbons (Fsp3) is 0.522. The number of ether oxygens (including phenoxy) is 2. The van der Waals surface area contributed by atoms with Gasteiger partial charge in [-0.25, -0.2) is 9.97 Å². The third-order valence-electron chi connectivity index (χ3n) is 5.99. The molecule has 0 radical (unpaired) electrons. The minimum absolute atomic E-state index is 0.198. The van der Waals surface area contributed by atoms with Crippen molar-refractivity contribution in [2.75, 3.05) is 44.1 Å². The molecule has 4 rings (SSSR count). The number of fused-ring (bicyclic) bond motifs is 1. The second-order valence-corrected chi connectivity index (χ2v) is 9.27. The summed E-state index contributed by atoms with van der Waals surface area (Å²) < 4.78 is 11.7. The molecule has 10 nitrogen and oxygen atoms in total. The van der Waals surface area contributed by atoms with Crippen molar-refractivity contribution in [3.63, 3.8) is 0 Å². The summed E-state index contributed by atoms with van der Waals surface area (Å²) in [6.07, 6.45) is -1.63. The van der Waals surface area contributed by atoms with Crippen molar-refractivity contribution in [2.24, 2.45) is 5.92 Å². The maximum atomic E-state index is 10.6. The molecule has 3 aromatic rings. The molecule has 5 N–H and O–H groups in total. The minimum Gasteiger partial charge on any atom is -0.497 e. The average molecular weight is 490 g/mol. The zero-order valence-electron chi connectivity index (χ0n) is 19.5. The van der Waals surface area contributed by atoms with E-state index in [1.165, 1.54) is 11.3 Å². The van der Waals surface area contributed by atoms with Crippen LogP contribution in [0.4, 0.5) is 11.8 Å². The molecule has 11 heteroatoms. The molecule has 0 saturated heterocycles. The number of hydrogen-bond acceptors (Lipinski definition) is 11. The number of benzene rings is 1. The average Bonchev–Trinajstić information content (AvgIpc) is 3.36. The van der Waals surface area contributed by atoms with Crippen LogP contribution < -0.4 is 15.4 Å². The Kier molecular flexibility index (Phi) is 7.79. The maximum Gasteiger partial charge on any atom is 0.224 e. The summed E-state index contributed by atoms with van der Waals surface area (Å²) in [7, 11) is 1.62. The van der Waals surface area contributed by atoms with Crippen molar-refractivity contribution >= 4 is 33.3 Å². The molecule has 0 amide bonds. The van der Waals surface area contributed by atoms with Crippen molar-refractivity contribution in [1.82, 2.24) is 15.0 Å². The lowest BCUT2D eigenvalue weighted by molar-refractivity contribution is 0.00446.